The molecule has 3 N–H and O–H groups in total. The summed E-state index contributed by atoms with van der Waals surface area (Å²) in [4.78, 5) is 14.0. The Morgan fingerprint density at radius 1 is 1.16 bits per heavy atom. The van der Waals surface area contributed by atoms with E-state index in [0.717, 1.165) is 19.6 Å². The molecule has 110 valence electrons. The van der Waals surface area contributed by atoms with E-state index in [2.05, 4.69) is 24.1 Å². The van der Waals surface area contributed by atoms with Crippen LogP contribution in [0.1, 0.15) is 24.2 Å². The second-order valence-corrected chi connectivity index (χ2v) is 3.90. The molecule has 0 radical (unpaired) electrons. The fourth-order valence-corrected chi connectivity index (χ4v) is 1.60. The monoisotopic (exact) mass is 307 g/mol. The van der Waals surface area contributed by atoms with E-state index >= 15 is 0 Å². The molecule has 0 aliphatic carbocycles. The molecule has 1 aromatic carbocycles. The minimum absolute atomic E-state index is 0. The van der Waals surface area contributed by atoms with E-state index in [9.17, 15) is 4.79 Å². The summed E-state index contributed by atoms with van der Waals surface area (Å²) in [5, 5.41) is 2.90. The van der Waals surface area contributed by atoms with Gasteiger partial charge in [-0.25, -0.2) is 0 Å². The number of carbonyl (C=O) groups is 1. The Hall–Kier alpha value is -0.970. The molecule has 0 saturated carbocycles. The average Bonchev–Trinajstić information content (AvgIpc) is 2.35. The molecule has 0 aliphatic heterocycles. The maximum Gasteiger partial charge on any atom is 0.251 e. The topological polar surface area (TPSA) is 58.4 Å². The zero-order valence-electron chi connectivity index (χ0n) is 11.4. The molecule has 4 nitrogen and oxygen atoms in total. The van der Waals surface area contributed by atoms with Gasteiger partial charge in [-0.15, -0.1) is 24.8 Å². The number of amides is 1. The molecule has 0 spiro atoms. The number of rotatable bonds is 6. The van der Waals surface area contributed by atoms with E-state index in [1.54, 1.807) is 24.3 Å². The minimum Gasteiger partial charge on any atom is -0.399 e. The predicted molar refractivity (Wildman–Crippen MR) is 85.5 cm³/mol. The van der Waals surface area contributed by atoms with Crippen LogP contribution in [0.4, 0.5) is 5.69 Å². The molecule has 0 aliphatic rings. The van der Waals surface area contributed by atoms with Gasteiger partial charge in [0.25, 0.3) is 5.91 Å². The Morgan fingerprint density at radius 3 is 2.16 bits per heavy atom. The van der Waals surface area contributed by atoms with Crippen LogP contribution in [0.2, 0.25) is 0 Å². The molecule has 0 saturated heterocycles. The Bertz CT molecular complexity index is 353. The van der Waals surface area contributed by atoms with Crippen molar-refractivity contribution < 1.29 is 4.79 Å². The van der Waals surface area contributed by atoms with Gasteiger partial charge in [-0.05, 0) is 37.4 Å². The largest absolute Gasteiger partial charge is 0.399 e. The van der Waals surface area contributed by atoms with Crippen LogP contribution in [0.25, 0.3) is 0 Å². The summed E-state index contributed by atoms with van der Waals surface area (Å²) in [5.41, 5.74) is 6.89. The van der Waals surface area contributed by atoms with E-state index in [0.29, 0.717) is 17.8 Å². The number of benzene rings is 1. The summed E-state index contributed by atoms with van der Waals surface area (Å²) in [6.07, 6.45) is 0. The quantitative estimate of drug-likeness (QED) is 0.792. The normalized spacial score (nSPS) is 9.42. The Balaban J connectivity index is 0. The van der Waals surface area contributed by atoms with Gasteiger partial charge in [-0.3, -0.25) is 4.79 Å². The van der Waals surface area contributed by atoms with Crippen LogP contribution in [0.15, 0.2) is 24.3 Å². The highest BCUT2D eigenvalue weighted by molar-refractivity contribution is 5.94. The minimum atomic E-state index is -0.0443. The molecule has 1 amide bonds. The Labute approximate surface area is 127 Å². The molecular weight excluding hydrogens is 285 g/mol. The van der Waals surface area contributed by atoms with Gasteiger partial charge >= 0.3 is 0 Å². The lowest BCUT2D eigenvalue weighted by molar-refractivity contribution is 0.0949. The molecule has 0 fully saturated rings. The summed E-state index contributed by atoms with van der Waals surface area (Å²) >= 11 is 0. The first kappa shape index (κ1) is 20.3. The van der Waals surface area contributed by atoms with Crippen molar-refractivity contribution in [3.63, 3.8) is 0 Å². The number of nitrogens with two attached hydrogens (primary N) is 1. The highest BCUT2D eigenvalue weighted by Crippen LogP contribution is 2.04. The van der Waals surface area contributed by atoms with Crippen molar-refractivity contribution in [1.82, 2.24) is 10.2 Å². The summed E-state index contributed by atoms with van der Waals surface area (Å²) in [6.45, 7) is 7.80. The number of hydrogen-bond donors (Lipinski definition) is 2. The standard InChI is InChI=1S/C13H21N3O.2ClH/c1-3-16(4-2)10-9-15-13(17)11-5-7-12(14)8-6-11;;/h5-8H,3-4,9-10,14H2,1-2H3,(H,15,17);2*1H. The van der Waals surface area contributed by atoms with Crippen molar-refractivity contribution in [3.05, 3.63) is 29.8 Å². The molecular formula is C13H23Cl2N3O. The zero-order valence-corrected chi connectivity index (χ0v) is 13.0. The van der Waals surface area contributed by atoms with Crippen LogP contribution in [0.5, 0.6) is 0 Å². The lowest BCUT2D eigenvalue weighted by Gasteiger charge is -2.17. The summed E-state index contributed by atoms with van der Waals surface area (Å²) in [6, 6.07) is 6.95. The van der Waals surface area contributed by atoms with Gasteiger partial charge in [0, 0.05) is 24.3 Å². The number of nitrogens with zero attached hydrogens (tertiary/aromatic N) is 1. The first-order valence-electron chi connectivity index (χ1n) is 6.03. The summed E-state index contributed by atoms with van der Waals surface area (Å²) in [7, 11) is 0. The first-order valence-corrected chi connectivity index (χ1v) is 6.03. The van der Waals surface area contributed by atoms with Crippen molar-refractivity contribution >= 4 is 36.4 Å². The molecule has 0 unspecified atom stereocenters. The summed E-state index contributed by atoms with van der Waals surface area (Å²) in [5.74, 6) is -0.0443. The maximum atomic E-state index is 11.7. The Morgan fingerprint density at radius 2 is 1.68 bits per heavy atom. The maximum absolute atomic E-state index is 11.7. The number of hydrogen-bond acceptors (Lipinski definition) is 3. The third kappa shape index (κ3) is 7.25. The van der Waals surface area contributed by atoms with Crippen LogP contribution < -0.4 is 11.1 Å². The summed E-state index contributed by atoms with van der Waals surface area (Å²) < 4.78 is 0. The molecule has 0 bridgehead atoms. The molecule has 0 aromatic heterocycles. The molecule has 1 aromatic rings. The zero-order chi connectivity index (χ0) is 12.7. The average molecular weight is 308 g/mol. The molecule has 19 heavy (non-hydrogen) atoms. The van der Waals surface area contributed by atoms with Gasteiger partial charge < -0.3 is 16.0 Å². The number of anilines is 1. The first-order chi connectivity index (χ1) is 8.17. The number of likely N-dealkylation sites (N-methyl/N-ethyl adjacent to an activating group) is 1. The van der Waals surface area contributed by atoms with Gasteiger partial charge in [0.05, 0.1) is 0 Å². The van der Waals surface area contributed by atoms with Gasteiger partial charge in [-0.2, -0.15) is 0 Å². The van der Waals surface area contributed by atoms with E-state index in [4.69, 9.17) is 5.73 Å². The second-order valence-electron chi connectivity index (χ2n) is 3.90. The Kier molecular flexibility index (Phi) is 11.7. The molecule has 1 rings (SSSR count). The van der Waals surface area contributed by atoms with Crippen LogP contribution in [0, 0.1) is 0 Å². The highest BCUT2D eigenvalue weighted by Gasteiger charge is 2.05. The third-order valence-corrected chi connectivity index (χ3v) is 2.78. The fraction of sp³-hybridized carbons (Fsp3) is 0.462. The van der Waals surface area contributed by atoms with Gasteiger partial charge in [0.15, 0.2) is 0 Å². The van der Waals surface area contributed by atoms with Crippen LogP contribution >= 0.6 is 24.8 Å². The SMILES string of the molecule is CCN(CC)CCNC(=O)c1ccc(N)cc1.Cl.Cl. The van der Waals surface area contributed by atoms with Gasteiger partial charge in [0.1, 0.15) is 0 Å². The van der Waals surface area contributed by atoms with Crippen LogP contribution in [-0.4, -0.2) is 37.0 Å². The molecule has 0 atom stereocenters. The van der Waals surface area contributed by atoms with Gasteiger partial charge in [0.2, 0.25) is 0 Å². The van der Waals surface area contributed by atoms with Crippen molar-refractivity contribution in [2.45, 2.75) is 13.8 Å². The smallest absolute Gasteiger partial charge is 0.251 e. The third-order valence-electron chi connectivity index (χ3n) is 2.78. The van der Waals surface area contributed by atoms with E-state index in [1.807, 2.05) is 0 Å². The highest BCUT2D eigenvalue weighted by atomic mass is 35.5. The van der Waals surface area contributed by atoms with E-state index in [-0.39, 0.29) is 30.7 Å². The molecule has 6 heteroatoms. The lowest BCUT2D eigenvalue weighted by atomic mass is 10.2. The number of halogens is 2. The van der Waals surface area contributed by atoms with Crippen LogP contribution in [-0.2, 0) is 0 Å². The number of carbonyl (C=O) groups excluding carboxylic acids is 1. The van der Waals surface area contributed by atoms with Crippen LogP contribution in [0.3, 0.4) is 0 Å². The van der Waals surface area contributed by atoms with E-state index < -0.39 is 0 Å². The number of nitrogens with one attached hydrogen (secondary N) is 1. The molecule has 0 heterocycles. The van der Waals surface area contributed by atoms with Crippen molar-refractivity contribution in [2.24, 2.45) is 0 Å². The van der Waals surface area contributed by atoms with Crippen molar-refractivity contribution in [2.75, 3.05) is 31.9 Å². The van der Waals surface area contributed by atoms with E-state index in [1.165, 1.54) is 0 Å². The van der Waals surface area contributed by atoms with Crippen molar-refractivity contribution in [1.29, 1.82) is 0 Å². The fourth-order valence-electron chi connectivity index (χ4n) is 1.60. The predicted octanol–water partition coefficient (Wildman–Crippen LogP) is 2.18. The number of nitrogen functional groups attached to an aromatic ring is 1. The lowest BCUT2D eigenvalue weighted by Crippen LogP contribution is -2.34. The second kappa shape index (κ2) is 10.9. The van der Waals surface area contributed by atoms with Gasteiger partial charge in [-0.1, -0.05) is 13.8 Å². The van der Waals surface area contributed by atoms with Crippen molar-refractivity contribution in [3.8, 4) is 0 Å².